The maximum atomic E-state index is 12.8. The monoisotopic (exact) mass is 278 g/mol. The number of thiophene rings is 1. The molecule has 1 aromatic heterocycles. The van der Waals surface area contributed by atoms with Crippen LogP contribution < -0.4 is 0 Å². The largest absolute Gasteiger partial charge is 0.207 e. The fourth-order valence-electron chi connectivity index (χ4n) is 1.18. The molecule has 68 valence electrons. The number of rotatable bonds is 1. The molecule has 0 aliphatic heterocycles. The second-order valence-electron chi connectivity index (χ2n) is 2.61. The predicted octanol–water partition coefficient (Wildman–Crippen LogP) is 4.59. The maximum absolute atomic E-state index is 12.8. The number of halogens is 3. The van der Waals surface area contributed by atoms with E-state index in [1.54, 1.807) is 6.07 Å². The molecular weight excluding hydrogens is 275 g/mol. The van der Waals surface area contributed by atoms with Crippen molar-refractivity contribution in [1.29, 1.82) is 0 Å². The normalized spacial score (nSPS) is 11.0. The Balaban J connectivity index is 2.76. The van der Waals surface area contributed by atoms with Gasteiger partial charge in [-0.1, -0.05) is 27.5 Å². The van der Waals surface area contributed by atoms with E-state index >= 15 is 0 Å². The molecule has 0 saturated heterocycles. The molecule has 4 heteroatoms. The zero-order chi connectivity index (χ0) is 9.42. The van der Waals surface area contributed by atoms with Gasteiger partial charge in [0.2, 0.25) is 0 Å². The van der Waals surface area contributed by atoms with Gasteiger partial charge in [0.05, 0.1) is 5.02 Å². The van der Waals surface area contributed by atoms with Gasteiger partial charge in [-0.15, -0.1) is 11.3 Å². The van der Waals surface area contributed by atoms with Crippen molar-refractivity contribution in [3.05, 3.63) is 33.9 Å². The van der Waals surface area contributed by atoms with Crippen LogP contribution in [0.5, 0.6) is 0 Å². The van der Waals surface area contributed by atoms with Crippen LogP contribution in [0.15, 0.2) is 18.2 Å². The standard InChI is InChI=1S/C9H5BrClFS/c10-4-8-9(11)6-2-1-5(12)3-7(6)13-8/h1-3H,4H2. The fraction of sp³-hybridized carbons (Fsp3) is 0.111. The van der Waals surface area contributed by atoms with Gasteiger partial charge in [0.25, 0.3) is 0 Å². The Bertz CT molecular complexity index is 452. The quantitative estimate of drug-likeness (QED) is 0.670. The first kappa shape index (κ1) is 9.44. The highest BCUT2D eigenvalue weighted by Crippen LogP contribution is 2.36. The van der Waals surface area contributed by atoms with E-state index in [0.29, 0.717) is 5.33 Å². The maximum Gasteiger partial charge on any atom is 0.124 e. The molecular formula is C9H5BrClFS. The molecule has 0 radical (unpaired) electrons. The van der Waals surface area contributed by atoms with Crippen molar-refractivity contribution in [2.75, 3.05) is 0 Å². The summed E-state index contributed by atoms with van der Waals surface area (Å²) in [6.45, 7) is 0. The highest BCUT2D eigenvalue weighted by Gasteiger charge is 2.09. The SMILES string of the molecule is Fc1ccc2c(Cl)c(CBr)sc2c1. The molecule has 0 unspecified atom stereocenters. The number of benzene rings is 1. The second kappa shape index (κ2) is 3.56. The smallest absolute Gasteiger partial charge is 0.124 e. The molecule has 0 atom stereocenters. The van der Waals surface area contributed by atoms with Gasteiger partial charge in [-0.3, -0.25) is 0 Å². The highest BCUT2D eigenvalue weighted by molar-refractivity contribution is 9.08. The molecule has 0 aliphatic rings. The third-order valence-corrected chi connectivity index (χ3v) is 4.41. The Morgan fingerprint density at radius 2 is 2.23 bits per heavy atom. The molecule has 2 rings (SSSR count). The van der Waals surface area contributed by atoms with E-state index in [9.17, 15) is 4.39 Å². The summed E-state index contributed by atoms with van der Waals surface area (Å²) in [7, 11) is 0. The molecule has 13 heavy (non-hydrogen) atoms. The van der Waals surface area contributed by atoms with E-state index in [1.807, 2.05) is 0 Å². The van der Waals surface area contributed by atoms with Crippen molar-refractivity contribution in [2.24, 2.45) is 0 Å². The summed E-state index contributed by atoms with van der Waals surface area (Å²) in [4.78, 5) is 1.04. The zero-order valence-corrected chi connectivity index (χ0v) is 9.64. The first-order valence-corrected chi connectivity index (χ1v) is 5.96. The Morgan fingerprint density at radius 1 is 1.46 bits per heavy atom. The van der Waals surface area contributed by atoms with Crippen molar-refractivity contribution in [2.45, 2.75) is 5.33 Å². The Hall–Kier alpha value is -0.120. The Kier molecular flexibility index (Phi) is 2.58. The summed E-state index contributed by atoms with van der Waals surface area (Å²) in [5.74, 6) is -0.216. The van der Waals surface area contributed by atoms with E-state index in [-0.39, 0.29) is 5.82 Å². The summed E-state index contributed by atoms with van der Waals surface area (Å²) >= 11 is 10.9. The average Bonchev–Trinajstić information content (AvgIpc) is 2.42. The van der Waals surface area contributed by atoms with E-state index in [2.05, 4.69) is 15.9 Å². The van der Waals surface area contributed by atoms with Crippen LogP contribution in [0, 0.1) is 5.82 Å². The summed E-state index contributed by atoms with van der Waals surface area (Å²) in [6, 6.07) is 4.66. The van der Waals surface area contributed by atoms with Crippen LogP contribution in [-0.4, -0.2) is 0 Å². The third kappa shape index (κ3) is 1.60. The van der Waals surface area contributed by atoms with Gasteiger partial charge in [-0.2, -0.15) is 0 Å². The van der Waals surface area contributed by atoms with Gasteiger partial charge in [-0.05, 0) is 18.2 Å². The predicted molar refractivity (Wildman–Crippen MR) is 59.4 cm³/mol. The highest BCUT2D eigenvalue weighted by atomic mass is 79.9. The van der Waals surface area contributed by atoms with Crippen LogP contribution in [0.2, 0.25) is 5.02 Å². The van der Waals surface area contributed by atoms with Crippen LogP contribution in [0.25, 0.3) is 10.1 Å². The first-order chi connectivity index (χ1) is 6.22. The van der Waals surface area contributed by atoms with E-state index in [4.69, 9.17) is 11.6 Å². The minimum Gasteiger partial charge on any atom is -0.207 e. The van der Waals surface area contributed by atoms with Crippen molar-refractivity contribution in [1.82, 2.24) is 0 Å². The summed E-state index contributed by atoms with van der Waals surface area (Å²) in [5, 5.41) is 2.38. The van der Waals surface area contributed by atoms with Crippen LogP contribution >= 0.6 is 38.9 Å². The van der Waals surface area contributed by atoms with Crippen LogP contribution in [0.3, 0.4) is 0 Å². The minimum absolute atomic E-state index is 0.216. The zero-order valence-electron chi connectivity index (χ0n) is 6.48. The summed E-state index contributed by atoms with van der Waals surface area (Å²) in [6.07, 6.45) is 0. The molecule has 0 nitrogen and oxygen atoms in total. The lowest BCUT2D eigenvalue weighted by atomic mass is 10.2. The van der Waals surface area contributed by atoms with Gasteiger partial charge >= 0.3 is 0 Å². The Labute approximate surface area is 92.5 Å². The lowest BCUT2D eigenvalue weighted by Crippen LogP contribution is -1.70. The molecule has 2 aromatic rings. The average molecular weight is 280 g/mol. The van der Waals surface area contributed by atoms with Gasteiger partial charge in [0, 0.05) is 20.3 Å². The van der Waals surface area contributed by atoms with Crippen molar-refractivity contribution >= 4 is 49.0 Å². The molecule has 0 saturated carbocycles. The lowest BCUT2D eigenvalue weighted by Gasteiger charge is -1.89. The first-order valence-electron chi connectivity index (χ1n) is 3.65. The van der Waals surface area contributed by atoms with Gasteiger partial charge < -0.3 is 0 Å². The van der Waals surface area contributed by atoms with E-state index in [0.717, 1.165) is 20.0 Å². The van der Waals surface area contributed by atoms with Crippen molar-refractivity contribution in [3.8, 4) is 0 Å². The number of hydrogen-bond donors (Lipinski definition) is 0. The van der Waals surface area contributed by atoms with Gasteiger partial charge in [0.1, 0.15) is 5.82 Å². The van der Waals surface area contributed by atoms with Crippen LogP contribution in [-0.2, 0) is 5.33 Å². The minimum atomic E-state index is -0.216. The Morgan fingerprint density at radius 3 is 2.92 bits per heavy atom. The summed E-state index contributed by atoms with van der Waals surface area (Å²) in [5.41, 5.74) is 0. The molecule has 0 N–H and O–H groups in total. The lowest BCUT2D eigenvalue weighted by molar-refractivity contribution is 0.630. The van der Waals surface area contributed by atoms with E-state index < -0.39 is 0 Å². The molecule has 0 aliphatic carbocycles. The molecule has 0 spiro atoms. The summed E-state index contributed by atoms with van der Waals surface area (Å²) < 4.78 is 13.7. The molecule has 1 aromatic carbocycles. The number of fused-ring (bicyclic) bond motifs is 1. The third-order valence-electron chi connectivity index (χ3n) is 1.78. The number of hydrogen-bond acceptors (Lipinski definition) is 1. The van der Waals surface area contributed by atoms with Crippen molar-refractivity contribution in [3.63, 3.8) is 0 Å². The van der Waals surface area contributed by atoms with Gasteiger partial charge in [-0.25, -0.2) is 4.39 Å². The molecule has 1 heterocycles. The van der Waals surface area contributed by atoms with Crippen LogP contribution in [0.1, 0.15) is 4.88 Å². The van der Waals surface area contributed by atoms with E-state index in [1.165, 1.54) is 23.5 Å². The van der Waals surface area contributed by atoms with Gasteiger partial charge in [0.15, 0.2) is 0 Å². The molecule has 0 bridgehead atoms. The second-order valence-corrected chi connectivity index (χ2v) is 4.69. The fourth-order valence-corrected chi connectivity index (χ4v) is 3.34. The molecule has 0 fully saturated rings. The molecule has 0 amide bonds. The topological polar surface area (TPSA) is 0 Å². The van der Waals surface area contributed by atoms with Crippen molar-refractivity contribution < 1.29 is 4.39 Å². The van der Waals surface area contributed by atoms with Crippen LogP contribution in [0.4, 0.5) is 4.39 Å². The number of alkyl halides is 1.